The molecule has 2 aliphatic heterocycles. The van der Waals surface area contributed by atoms with Crippen molar-refractivity contribution in [1.29, 1.82) is 0 Å². The highest BCUT2D eigenvalue weighted by atomic mass is 16.5. The minimum Gasteiger partial charge on any atom is -0.496 e. The van der Waals surface area contributed by atoms with Gasteiger partial charge in [-0.15, -0.1) is 0 Å². The minimum absolute atomic E-state index is 0.0928. The molecule has 8 heteroatoms. The Labute approximate surface area is 268 Å². The first-order valence-electron chi connectivity index (χ1n) is 16.5. The van der Waals surface area contributed by atoms with Crippen molar-refractivity contribution in [2.75, 3.05) is 71.7 Å². The summed E-state index contributed by atoms with van der Waals surface area (Å²) in [6.45, 7) is 7.67. The number of anilines is 1. The Kier molecular flexibility index (Phi) is 13.2. The summed E-state index contributed by atoms with van der Waals surface area (Å²) in [5.74, 6) is 3.02. The maximum atomic E-state index is 6.57. The molecule has 0 amide bonds. The van der Waals surface area contributed by atoms with E-state index in [-0.39, 0.29) is 6.10 Å². The Morgan fingerprint density at radius 1 is 0.800 bits per heavy atom. The van der Waals surface area contributed by atoms with Gasteiger partial charge in [-0.1, -0.05) is 36.4 Å². The fourth-order valence-corrected chi connectivity index (χ4v) is 6.12. The number of hydrogen-bond donors (Lipinski definition) is 1. The lowest BCUT2D eigenvalue weighted by Gasteiger charge is -2.32. The summed E-state index contributed by atoms with van der Waals surface area (Å²) in [5, 5.41) is 3.53. The third-order valence-electron chi connectivity index (χ3n) is 8.57. The predicted molar refractivity (Wildman–Crippen MR) is 178 cm³/mol. The van der Waals surface area contributed by atoms with Crippen molar-refractivity contribution >= 4 is 5.69 Å². The number of nitrogens with zero attached hydrogens (tertiary/aromatic N) is 1. The lowest BCUT2D eigenvalue weighted by atomic mass is 9.87. The maximum Gasteiger partial charge on any atom is 0.142 e. The van der Waals surface area contributed by atoms with Gasteiger partial charge in [0.05, 0.1) is 51.9 Å². The van der Waals surface area contributed by atoms with Crippen LogP contribution in [-0.4, -0.2) is 72.9 Å². The maximum absolute atomic E-state index is 6.57. The third kappa shape index (κ3) is 9.84. The molecule has 2 heterocycles. The molecular weight excluding hydrogens is 568 g/mol. The molecular formula is C37H50N2O6. The highest BCUT2D eigenvalue weighted by molar-refractivity contribution is 5.60. The molecule has 0 aliphatic carbocycles. The van der Waals surface area contributed by atoms with Crippen molar-refractivity contribution < 1.29 is 28.4 Å². The van der Waals surface area contributed by atoms with Crippen molar-refractivity contribution in [3.63, 3.8) is 0 Å². The lowest BCUT2D eigenvalue weighted by Crippen LogP contribution is -2.40. The Hall–Kier alpha value is -3.30. The van der Waals surface area contributed by atoms with Crippen molar-refractivity contribution in [3.8, 4) is 17.2 Å². The Morgan fingerprint density at radius 3 is 2.42 bits per heavy atom. The van der Waals surface area contributed by atoms with E-state index in [0.29, 0.717) is 45.6 Å². The van der Waals surface area contributed by atoms with Crippen LogP contribution in [0, 0.1) is 0 Å². The molecule has 0 bridgehead atoms. The Bertz CT molecular complexity index is 1280. The summed E-state index contributed by atoms with van der Waals surface area (Å²) >= 11 is 0. The standard InChI is InChI=1S/C37H50N2O6/c1-40-21-7-24-44-36-25-29(11-16-34(36)39-19-5-6-20-39)27-45-37-26-38-18-17-33(37)30-12-14-32(15-13-30)43-23-8-22-42-28-31-9-3-4-10-35(31)41-2/h3-4,9-16,25,33,37-38H,5-8,17-24,26-28H2,1-2H3/t33-,37+/m1/s1. The van der Waals surface area contributed by atoms with Gasteiger partial charge in [0.25, 0.3) is 0 Å². The van der Waals surface area contributed by atoms with Gasteiger partial charge in [0, 0.05) is 57.7 Å². The van der Waals surface area contributed by atoms with E-state index >= 15 is 0 Å². The van der Waals surface area contributed by atoms with Crippen LogP contribution in [0.25, 0.3) is 0 Å². The zero-order valence-corrected chi connectivity index (χ0v) is 27.0. The molecule has 1 N–H and O–H groups in total. The van der Waals surface area contributed by atoms with Gasteiger partial charge in [-0.2, -0.15) is 0 Å². The Morgan fingerprint density at radius 2 is 1.60 bits per heavy atom. The predicted octanol–water partition coefficient (Wildman–Crippen LogP) is 6.36. The van der Waals surface area contributed by atoms with Crippen LogP contribution in [0.15, 0.2) is 66.7 Å². The van der Waals surface area contributed by atoms with Crippen LogP contribution in [0.2, 0.25) is 0 Å². The highest BCUT2D eigenvalue weighted by Crippen LogP contribution is 2.34. The number of rotatable bonds is 18. The summed E-state index contributed by atoms with van der Waals surface area (Å²) in [7, 11) is 3.41. The van der Waals surface area contributed by atoms with Crippen LogP contribution in [0.5, 0.6) is 17.2 Å². The molecule has 0 spiro atoms. The second-order valence-corrected chi connectivity index (χ2v) is 11.8. The molecule has 0 unspecified atom stereocenters. The smallest absolute Gasteiger partial charge is 0.142 e. The average molecular weight is 619 g/mol. The molecule has 0 radical (unpaired) electrons. The van der Waals surface area contributed by atoms with Gasteiger partial charge < -0.3 is 38.6 Å². The monoisotopic (exact) mass is 618 g/mol. The largest absolute Gasteiger partial charge is 0.496 e. The molecule has 2 fully saturated rings. The normalized spacial score (nSPS) is 18.2. The number of methoxy groups -OCH3 is 2. The molecule has 3 aromatic carbocycles. The number of benzene rings is 3. The molecule has 5 rings (SSSR count). The molecule has 2 saturated heterocycles. The van der Waals surface area contributed by atoms with E-state index in [0.717, 1.165) is 73.8 Å². The van der Waals surface area contributed by atoms with Crippen LogP contribution in [0.4, 0.5) is 5.69 Å². The summed E-state index contributed by atoms with van der Waals surface area (Å²) in [6.07, 6.45) is 5.29. The van der Waals surface area contributed by atoms with Gasteiger partial charge in [0.15, 0.2) is 0 Å². The first-order valence-corrected chi connectivity index (χ1v) is 16.5. The summed E-state index contributed by atoms with van der Waals surface area (Å²) in [5.41, 5.74) is 4.67. The molecule has 45 heavy (non-hydrogen) atoms. The van der Waals surface area contributed by atoms with Crippen molar-refractivity contribution in [3.05, 3.63) is 83.4 Å². The Balaban J connectivity index is 1.10. The second kappa shape index (κ2) is 18.0. The fraction of sp³-hybridized carbons (Fsp3) is 0.514. The van der Waals surface area contributed by atoms with Gasteiger partial charge in [-0.3, -0.25) is 0 Å². The zero-order valence-electron chi connectivity index (χ0n) is 27.0. The van der Waals surface area contributed by atoms with E-state index in [2.05, 4.69) is 52.7 Å². The van der Waals surface area contributed by atoms with Gasteiger partial charge in [0.1, 0.15) is 17.2 Å². The average Bonchev–Trinajstić information content (AvgIpc) is 3.63. The molecule has 3 aromatic rings. The second-order valence-electron chi connectivity index (χ2n) is 11.8. The summed E-state index contributed by atoms with van der Waals surface area (Å²) < 4.78 is 35.3. The highest BCUT2D eigenvalue weighted by Gasteiger charge is 2.27. The molecule has 0 aromatic heterocycles. The molecule has 244 valence electrons. The number of nitrogens with one attached hydrogen (secondary N) is 1. The fourth-order valence-electron chi connectivity index (χ4n) is 6.12. The van der Waals surface area contributed by atoms with Crippen LogP contribution < -0.4 is 24.4 Å². The molecule has 2 atom stereocenters. The van der Waals surface area contributed by atoms with Gasteiger partial charge in [0.2, 0.25) is 0 Å². The van der Waals surface area contributed by atoms with E-state index in [9.17, 15) is 0 Å². The number of para-hydroxylation sites is 1. The van der Waals surface area contributed by atoms with Crippen LogP contribution in [0.3, 0.4) is 0 Å². The van der Waals surface area contributed by atoms with E-state index in [1.54, 1.807) is 14.2 Å². The third-order valence-corrected chi connectivity index (χ3v) is 8.57. The summed E-state index contributed by atoms with van der Waals surface area (Å²) in [6, 6.07) is 23.0. The van der Waals surface area contributed by atoms with Crippen LogP contribution >= 0.6 is 0 Å². The lowest BCUT2D eigenvalue weighted by molar-refractivity contribution is 0.0105. The van der Waals surface area contributed by atoms with Crippen molar-refractivity contribution in [2.24, 2.45) is 0 Å². The number of hydrogen-bond acceptors (Lipinski definition) is 8. The van der Waals surface area contributed by atoms with Crippen LogP contribution in [0.1, 0.15) is 54.7 Å². The SMILES string of the molecule is COCCCOc1cc(CO[C@H]2CNCC[C@@H]2c2ccc(OCCCOCc3ccccc3OC)cc2)ccc1N1CCCC1. The van der Waals surface area contributed by atoms with E-state index < -0.39 is 0 Å². The van der Waals surface area contributed by atoms with Gasteiger partial charge in [-0.05, 0) is 67.3 Å². The van der Waals surface area contributed by atoms with E-state index in [4.69, 9.17) is 28.4 Å². The van der Waals surface area contributed by atoms with E-state index in [1.807, 2.05) is 24.3 Å². The van der Waals surface area contributed by atoms with Gasteiger partial charge in [-0.25, -0.2) is 0 Å². The first kappa shape index (κ1) is 33.1. The molecule has 0 saturated carbocycles. The minimum atomic E-state index is 0.0928. The number of piperidine rings is 1. The van der Waals surface area contributed by atoms with Crippen molar-refractivity contribution in [1.82, 2.24) is 5.32 Å². The van der Waals surface area contributed by atoms with Gasteiger partial charge >= 0.3 is 0 Å². The molecule has 8 nitrogen and oxygen atoms in total. The number of ether oxygens (including phenoxy) is 6. The quantitative estimate of drug-likeness (QED) is 0.165. The summed E-state index contributed by atoms with van der Waals surface area (Å²) in [4.78, 5) is 2.43. The molecule has 2 aliphatic rings. The first-order chi connectivity index (χ1) is 22.2. The zero-order chi connectivity index (χ0) is 31.1. The van der Waals surface area contributed by atoms with E-state index in [1.165, 1.54) is 24.1 Å². The topological polar surface area (TPSA) is 70.7 Å². The van der Waals surface area contributed by atoms with Crippen molar-refractivity contribution in [2.45, 2.75) is 57.3 Å². The van der Waals surface area contributed by atoms with Crippen LogP contribution in [-0.2, 0) is 27.4 Å².